The van der Waals surface area contributed by atoms with Crippen LogP contribution in [-0.2, 0) is 69.4 Å². The van der Waals surface area contributed by atoms with Crippen molar-refractivity contribution in [2.75, 3.05) is 72.7 Å². The smallest absolute Gasteiger partial charge is 0.302 e. The van der Waals surface area contributed by atoms with Gasteiger partial charge in [-0.2, -0.15) is 0 Å². The molecule has 0 bridgehead atoms. The predicted molar refractivity (Wildman–Crippen MR) is 169 cm³/mol. The van der Waals surface area contributed by atoms with E-state index < -0.39 is 144 Å². The molecule has 0 spiro atoms. The third kappa shape index (κ3) is 40.1. The van der Waals surface area contributed by atoms with E-state index in [-0.39, 0.29) is 6.61 Å². The Balaban J connectivity index is -0.000000722. The van der Waals surface area contributed by atoms with Crippen LogP contribution in [0, 0.1) is 0 Å². The van der Waals surface area contributed by atoms with Crippen LogP contribution in [0.3, 0.4) is 0 Å². The van der Waals surface area contributed by atoms with Crippen molar-refractivity contribution >= 4 is 41.4 Å². The summed E-state index contributed by atoms with van der Waals surface area (Å²) in [5, 5.41) is 71.2. The van der Waals surface area contributed by atoms with E-state index in [1.165, 1.54) is 0 Å². The number of carbonyl (C=O) groups excluding carboxylic acids is 3. The van der Waals surface area contributed by atoms with E-state index >= 15 is 0 Å². The molecule has 0 rings (SSSR count). The maximum Gasteiger partial charge on any atom is 0.302 e. The number of rotatable bonds is 27. The molecule has 0 aliphatic rings. The lowest BCUT2D eigenvalue weighted by molar-refractivity contribution is -0.231. The fraction of sp³-hybridized carbons (Fsp3) is 0.880. The highest BCUT2D eigenvalue weighted by atomic mass is 31.2. The van der Waals surface area contributed by atoms with Crippen LogP contribution in [-0.4, -0.2) is 168 Å². The molecule has 324 valence electrons. The molecule has 9 unspecified atom stereocenters. The van der Waals surface area contributed by atoms with Crippen molar-refractivity contribution in [1.29, 1.82) is 0 Å². The monoisotopic (exact) mass is 859 g/mol. The van der Waals surface area contributed by atoms with Gasteiger partial charge in [0, 0.05) is 20.8 Å². The van der Waals surface area contributed by atoms with Gasteiger partial charge in [0.05, 0.1) is 59.0 Å². The summed E-state index contributed by atoms with van der Waals surface area (Å²) in [6.07, 6.45) is -7.15. The summed E-state index contributed by atoms with van der Waals surface area (Å²) in [4.78, 5) is 64.5. The summed E-state index contributed by atoms with van der Waals surface area (Å²) in [5.74, 6) is -1.84. The van der Waals surface area contributed by atoms with Crippen molar-refractivity contribution in [3.05, 3.63) is 0 Å². The summed E-state index contributed by atoms with van der Waals surface area (Å²) in [7, 11) is -13.9. The normalized spacial score (nSPS) is 17.8. The largest absolute Gasteiger partial charge is 0.756 e. The van der Waals surface area contributed by atoms with Crippen LogP contribution in [0.25, 0.3) is 0 Å². The van der Waals surface area contributed by atoms with Gasteiger partial charge in [0.2, 0.25) is 0 Å². The van der Waals surface area contributed by atoms with E-state index in [0.717, 1.165) is 20.8 Å². The Hall–Kier alpha value is -1.58. The first-order chi connectivity index (χ1) is 24.8. The van der Waals surface area contributed by atoms with Gasteiger partial charge >= 0.3 is 17.9 Å². The zero-order chi connectivity index (χ0) is 42.5. The number of hydrogen-bond acceptors (Lipinski definition) is 26. The first-order valence-electron chi connectivity index (χ1n) is 15.3. The molecule has 0 aromatic heterocycles. The molecule has 0 saturated heterocycles. The third-order valence-corrected chi connectivity index (χ3v) is 7.67. The quantitative estimate of drug-likeness (QED) is 0.0217. The summed E-state index contributed by atoms with van der Waals surface area (Å²) < 4.78 is 72.2. The first-order valence-corrected chi connectivity index (χ1v) is 19.7. The molecule has 0 aliphatic heterocycles. The molecule has 0 saturated carbocycles. The van der Waals surface area contributed by atoms with Crippen LogP contribution >= 0.6 is 23.5 Å². The second-order valence-corrected chi connectivity index (χ2v) is 14.5. The molecular formula is C25H50O26P3-3. The van der Waals surface area contributed by atoms with Crippen LogP contribution in [0.2, 0.25) is 0 Å². The summed E-state index contributed by atoms with van der Waals surface area (Å²) >= 11 is 0. The van der Waals surface area contributed by atoms with E-state index in [9.17, 15) is 58.1 Å². The summed E-state index contributed by atoms with van der Waals surface area (Å²) in [6, 6.07) is 0. The standard InChI is InChI=1S/C9H19O8P.2C8H17O9P/c1-3-8(11)5-16-18(13,14)17-6-9(12)4-15-7(2)10;2*1-6(10)15-3-8(12)5-17-18(13,14)16-4-7(11)2-9/h8-9,11-12H,3-6H2,1-2H3,(H,13,14);2*7-9,11-12H,2-5H2,1H3,(H,13,14)/p-3. The van der Waals surface area contributed by atoms with Gasteiger partial charge in [-0.05, 0) is 6.42 Å². The number of phosphoric acid groups is 3. The third-order valence-electron chi connectivity index (χ3n) is 4.88. The van der Waals surface area contributed by atoms with Crippen LogP contribution in [0.15, 0.2) is 0 Å². The molecule has 0 aromatic carbocycles. The lowest BCUT2D eigenvalue weighted by atomic mass is 10.3. The average Bonchev–Trinajstić information content (AvgIpc) is 3.10. The lowest BCUT2D eigenvalue weighted by Crippen LogP contribution is -2.25. The van der Waals surface area contributed by atoms with Crippen molar-refractivity contribution in [2.45, 2.75) is 70.7 Å². The number of hydrogen-bond donors (Lipinski definition) is 8. The van der Waals surface area contributed by atoms with E-state index in [1.807, 2.05) is 0 Å². The highest BCUT2D eigenvalue weighted by Crippen LogP contribution is 2.39. The fourth-order valence-electron chi connectivity index (χ4n) is 2.18. The Morgan fingerprint density at radius 2 is 0.648 bits per heavy atom. The number of carbonyl (C=O) groups is 3. The molecule has 26 nitrogen and oxygen atoms in total. The highest BCUT2D eigenvalue weighted by molar-refractivity contribution is 7.46. The van der Waals surface area contributed by atoms with Crippen molar-refractivity contribution in [1.82, 2.24) is 0 Å². The van der Waals surface area contributed by atoms with Gasteiger partial charge in [0.1, 0.15) is 50.3 Å². The van der Waals surface area contributed by atoms with Crippen molar-refractivity contribution in [3.63, 3.8) is 0 Å². The minimum absolute atomic E-state index is 0.342. The van der Waals surface area contributed by atoms with Crippen LogP contribution < -0.4 is 14.7 Å². The number of aliphatic hydroxyl groups excluding tert-OH is 8. The molecule has 0 fully saturated rings. The second-order valence-electron chi connectivity index (χ2n) is 10.2. The molecule has 0 radical (unpaired) electrons. The van der Waals surface area contributed by atoms with E-state index in [2.05, 4.69) is 41.4 Å². The van der Waals surface area contributed by atoms with Gasteiger partial charge in [-0.15, -0.1) is 0 Å². The Morgan fingerprint density at radius 1 is 0.444 bits per heavy atom. The fourth-order valence-corrected chi connectivity index (χ4v) is 4.54. The number of esters is 3. The van der Waals surface area contributed by atoms with Gasteiger partial charge in [-0.1, -0.05) is 6.92 Å². The Bertz CT molecular complexity index is 1020. The van der Waals surface area contributed by atoms with Crippen molar-refractivity contribution < 1.29 is 125 Å². The van der Waals surface area contributed by atoms with E-state index in [4.69, 9.17) is 25.5 Å². The number of aliphatic hydroxyl groups is 8. The minimum atomic E-state index is -4.68. The zero-order valence-electron chi connectivity index (χ0n) is 29.7. The lowest BCUT2D eigenvalue weighted by Gasteiger charge is -2.24. The summed E-state index contributed by atoms with van der Waals surface area (Å²) in [6.45, 7) is -1.03. The minimum Gasteiger partial charge on any atom is -0.756 e. The van der Waals surface area contributed by atoms with E-state index in [1.54, 1.807) is 6.92 Å². The predicted octanol–water partition coefficient (Wildman–Crippen LogP) is -5.29. The first kappa shape index (κ1) is 56.7. The van der Waals surface area contributed by atoms with Gasteiger partial charge < -0.3 is 96.9 Å². The molecular weight excluding hydrogens is 809 g/mol. The Kier molecular flexibility index (Phi) is 33.1. The maximum absolute atomic E-state index is 11.1. The Morgan fingerprint density at radius 3 is 0.833 bits per heavy atom. The molecule has 8 N–H and O–H groups in total. The van der Waals surface area contributed by atoms with E-state index in [0.29, 0.717) is 6.42 Å². The zero-order valence-corrected chi connectivity index (χ0v) is 32.4. The molecule has 54 heavy (non-hydrogen) atoms. The van der Waals surface area contributed by atoms with Crippen LogP contribution in [0.1, 0.15) is 34.1 Å². The maximum atomic E-state index is 11.1. The number of ether oxygens (including phenoxy) is 3. The van der Waals surface area contributed by atoms with Gasteiger partial charge in [0.15, 0.2) is 0 Å². The average molecular weight is 860 g/mol. The SMILES string of the molecule is CC(=O)OCC(O)COP(=O)([O-])OCC(O)CO.CC(=O)OCC(O)COP(=O)([O-])OCC(O)CO.CCC(O)COP(=O)([O-])OCC(O)COC(C)=O. The molecule has 0 aliphatic carbocycles. The topological polar surface area (TPSA) is 417 Å². The van der Waals surface area contributed by atoms with Crippen molar-refractivity contribution in [3.8, 4) is 0 Å². The molecule has 0 heterocycles. The molecule has 29 heteroatoms. The van der Waals surface area contributed by atoms with Gasteiger partial charge in [-0.3, -0.25) is 28.1 Å². The van der Waals surface area contributed by atoms with Crippen LogP contribution in [0.5, 0.6) is 0 Å². The van der Waals surface area contributed by atoms with Gasteiger partial charge in [-0.25, -0.2) is 0 Å². The molecule has 9 atom stereocenters. The number of phosphoric ester groups is 3. The highest BCUT2D eigenvalue weighted by Gasteiger charge is 2.18. The molecule has 0 aromatic rings. The van der Waals surface area contributed by atoms with Crippen molar-refractivity contribution in [2.24, 2.45) is 0 Å². The Labute approximate surface area is 309 Å². The summed E-state index contributed by atoms with van der Waals surface area (Å²) in [5.41, 5.74) is 0. The second kappa shape index (κ2) is 31.5. The molecule has 0 amide bonds. The van der Waals surface area contributed by atoms with Crippen LogP contribution in [0.4, 0.5) is 0 Å². The van der Waals surface area contributed by atoms with Gasteiger partial charge in [0.25, 0.3) is 23.5 Å².